The summed E-state index contributed by atoms with van der Waals surface area (Å²) in [6, 6.07) is 11.4. The van der Waals surface area contributed by atoms with Crippen molar-refractivity contribution in [2.24, 2.45) is 0 Å². The third kappa shape index (κ3) is 3.59. The molecular weight excluding hydrogens is 390 g/mol. The van der Waals surface area contributed by atoms with Crippen LogP contribution >= 0.6 is 11.3 Å². The van der Waals surface area contributed by atoms with Crippen molar-refractivity contribution in [3.63, 3.8) is 0 Å². The van der Waals surface area contributed by atoms with Gasteiger partial charge in [0.25, 0.3) is 11.6 Å². The Morgan fingerprint density at radius 1 is 1.24 bits per heavy atom. The Morgan fingerprint density at radius 2 is 2.00 bits per heavy atom. The van der Waals surface area contributed by atoms with Crippen LogP contribution in [0.1, 0.15) is 30.2 Å². The van der Waals surface area contributed by atoms with E-state index in [0.717, 1.165) is 4.88 Å². The first-order valence-electron chi connectivity index (χ1n) is 8.92. The van der Waals surface area contributed by atoms with Crippen LogP contribution < -0.4 is 5.32 Å². The van der Waals surface area contributed by atoms with Crippen LogP contribution in [0.3, 0.4) is 0 Å². The number of anilines is 1. The minimum atomic E-state index is -0.481. The molecule has 0 atom stereocenters. The van der Waals surface area contributed by atoms with E-state index in [2.05, 4.69) is 10.4 Å². The lowest BCUT2D eigenvalue weighted by Crippen LogP contribution is -2.13. The lowest BCUT2D eigenvalue weighted by atomic mass is 10.1. The number of nitro benzene ring substituents is 1. The normalized spacial score (nSPS) is 11.1. The van der Waals surface area contributed by atoms with E-state index in [4.69, 9.17) is 4.98 Å². The molecule has 0 aliphatic carbocycles. The van der Waals surface area contributed by atoms with Crippen molar-refractivity contribution < 1.29 is 9.72 Å². The molecule has 0 fully saturated rings. The topological polar surface area (TPSA) is 103 Å². The molecule has 8 nitrogen and oxygen atoms in total. The van der Waals surface area contributed by atoms with Gasteiger partial charge in [0.2, 0.25) is 0 Å². The molecule has 1 amide bonds. The van der Waals surface area contributed by atoms with Crippen molar-refractivity contribution in [3.8, 4) is 10.6 Å². The number of fused-ring (bicyclic) bond motifs is 1. The van der Waals surface area contributed by atoms with Crippen LogP contribution in [-0.4, -0.2) is 25.6 Å². The fraction of sp³-hybridized carbons (Fsp3) is 0.150. The molecule has 0 unspecified atom stereocenters. The summed E-state index contributed by atoms with van der Waals surface area (Å²) in [6.07, 6.45) is 1.64. The molecule has 1 N–H and O–H groups in total. The third-order valence-corrected chi connectivity index (χ3v) is 5.30. The fourth-order valence-corrected chi connectivity index (χ4v) is 3.69. The summed E-state index contributed by atoms with van der Waals surface area (Å²) in [6.45, 7) is 4.01. The van der Waals surface area contributed by atoms with Crippen molar-refractivity contribution in [1.29, 1.82) is 0 Å². The molecule has 0 aliphatic rings. The van der Waals surface area contributed by atoms with Crippen molar-refractivity contribution in [3.05, 3.63) is 69.7 Å². The second kappa shape index (κ2) is 7.44. The van der Waals surface area contributed by atoms with Gasteiger partial charge in [-0.15, -0.1) is 11.3 Å². The summed E-state index contributed by atoms with van der Waals surface area (Å²) in [5.41, 5.74) is 2.22. The second-order valence-corrected chi connectivity index (χ2v) is 7.66. The van der Waals surface area contributed by atoms with E-state index >= 15 is 0 Å². The van der Waals surface area contributed by atoms with Gasteiger partial charge in [0.05, 0.1) is 32.6 Å². The number of pyridine rings is 1. The highest BCUT2D eigenvalue weighted by Gasteiger charge is 2.19. The van der Waals surface area contributed by atoms with E-state index in [1.807, 2.05) is 31.4 Å². The van der Waals surface area contributed by atoms with E-state index in [-0.39, 0.29) is 17.6 Å². The van der Waals surface area contributed by atoms with Gasteiger partial charge >= 0.3 is 0 Å². The molecule has 4 aromatic rings. The van der Waals surface area contributed by atoms with Crippen molar-refractivity contribution in [1.82, 2.24) is 14.8 Å². The minimum Gasteiger partial charge on any atom is -0.322 e. The number of thiophene rings is 1. The van der Waals surface area contributed by atoms with Crippen LogP contribution in [0, 0.1) is 10.1 Å². The summed E-state index contributed by atoms with van der Waals surface area (Å²) >= 11 is 1.54. The zero-order valence-corrected chi connectivity index (χ0v) is 16.5. The van der Waals surface area contributed by atoms with Crippen molar-refractivity contribution in [2.45, 2.75) is 19.9 Å². The molecule has 0 radical (unpaired) electrons. The average Bonchev–Trinajstić information content (AvgIpc) is 3.37. The van der Waals surface area contributed by atoms with Gasteiger partial charge in [-0.25, -0.2) is 9.67 Å². The quantitative estimate of drug-likeness (QED) is 0.374. The predicted molar refractivity (Wildman–Crippen MR) is 112 cm³/mol. The maximum absolute atomic E-state index is 13.0. The highest BCUT2D eigenvalue weighted by atomic mass is 32.1. The van der Waals surface area contributed by atoms with Gasteiger partial charge in [-0.3, -0.25) is 14.9 Å². The first-order chi connectivity index (χ1) is 13.9. The standard InChI is InChI=1S/C20H17N5O3S/c1-12(2)24-19-16(11-21-24)15(10-17(23-19)18-4-3-9-29-18)20(26)22-13-5-7-14(8-6-13)25(27)28/h3-12H,1-2H3,(H,22,26). The number of amides is 1. The van der Waals surface area contributed by atoms with E-state index in [9.17, 15) is 14.9 Å². The molecule has 3 aromatic heterocycles. The lowest BCUT2D eigenvalue weighted by Gasteiger charge is -2.10. The SMILES string of the molecule is CC(C)n1ncc2c(C(=O)Nc3ccc([N+](=O)[O-])cc3)cc(-c3cccs3)nc21. The van der Waals surface area contributed by atoms with Crippen molar-refractivity contribution >= 4 is 39.7 Å². The number of carbonyl (C=O) groups is 1. The fourth-order valence-electron chi connectivity index (χ4n) is 3.00. The number of carbonyl (C=O) groups excluding carboxylic acids is 1. The number of nitrogens with zero attached hydrogens (tertiary/aromatic N) is 4. The molecule has 146 valence electrons. The smallest absolute Gasteiger partial charge is 0.269 e. The van der Waals surface area contributed by atoms with Crippen LogP contribution in [0.4, 0.5) is 11.4 Å². The number of rotatable bonds is 5. The lowest BCUT2D eigenvalue weighted by molar-refractivity contribution is -0.384. The molecule has 9 heteroatoms. The van der Waals surface area contributed by atoms with Gasteiger partial charge in [0, 0.05) is 23.9 Å². The number of hydrogen-bond donors (Lipinski definition) is 1. The third-order valence-electron chi connectivity index (χ3n) is 4.41. The Morgan fingerprint density at radius 3 is 2.62 bits per heavy atom. The van der Waals surface area contributed by atoms with Crippen LogP contribution in [0.5, 0.6) is 0 Å². The first kappa shape index (κ1) is 18.8. The van der Waals surface area contributed by atoms with Crippen LogP contribution in [0.15, 0.2) is 54.0 Å². The number of benzene rings is 1. The summed E-state index contributed by atoms with van der Waals surface area (Å²) in [7, 11) is 0. The van der Waals surface area contributed by atoms with Crippen molar-refractivity contribution in [2.75, 3.05) is 5.32 Å². The molecule has 29 heavy (non-hydrogen) atoms. The molecule has 0 spiro atoms. The Kier molecular flexibility index (Phi) is 4.81. The van der Waals surface area contributed by atoms with Gasteiger partial charge in [-0.2, -0.15) is 5.10 Å². The zero-order valence-electron chi connectivity index (χ0n) is 15.7. The first-order valence-corrected chi connectivity index (χ1v) is 9.80. The maximum Gasteiger partial charge on any atom is 0.269 e. The van der Waals surface area contributed by atoms with Gasteiger partial charge < -0.3 is 5.32 Å². The predicted octanol–water partition coefficient (Wildman–Crippen LogP) is 4.90. The Bertz CT molecular complexity index is 1200. The minimum absolute atomic E-state index is 0.0347. The van der Waals surface area contributed by atoms with E-state index < -0.39 is 4.92 Å². The Hall–Kier alpha value is -3.59. The highest BCUT2D eigenvalue weighted by Crippen LogP contribution is 2.29. The molecule has 0 saturated heterocycles. The van der Waals surface area contributed by atoms with E-state index in [1.165, 1.54) is 24.3 Å². The highest BCUT2D eigenvalue weighted by molar-refractivity contribution is 7.13. The number of non-ortho nitro benzene ring substituents is 1. The van der Waals surface area contributed by atoms with Gasteiger partial charge in [-0.05, 0) is 43.5 Å². The van der Waals surface area contributed by atoms with E-state index in [1.54, 1.807) is 28.3 Å². The number of nitro groups is 1. The summed E-state index contributed by atoms with van der Waals surface area (Å²) in [4.78, 5) is 29.1. The second-order valence-electron chi connectivity index (χ2n) is 6.71. The molecule has 1 aromatic carbocycles. The van der Waals surface area contributed by atoms with Gasteiger partial charge in [0.15, 0.2) is 5.65 Å². The molecule has 0 bridgehead atoms. The van der Waals surface area contributed by atoms with Crippen LogP contribution in [0.2, 0.25) is 0 Å². The molecule has 0 aliphatic heterocycles. The molecule has 4 rings (SSSR count). The summed E-state index contributed by atoms with van der Waals surface area (Å²) in [5, 5.41) is 20.6. The molecule has 3 heterocycles. The average molecular weight is 407 g/mol. The number of aromatic nitrogens is 3. The van der Waals surface area contributed by atoms with Crippen LogP contribution in [0.25, 0.3) is 21.6 Å². The monoisotopic (exact) mass is 407 g/mol. The molecular formula is C20H17N5O3S. The summed E-state index contributed by atoms with van der Waals surface area (Å²) < 4.78 is 1.79. The number of hydrogen-bond acceptors (Lipinski definition) is 6. The number of nitrogens with one attached hydrogen (secondary N) is 1. The largest absolute Gasteiger partial charge is 0.322 e. The Labute approximate surface area is 170 Å². The zero-order chi connectivity index (χ0) is 20.5. The van der Waals surface area contributed by atoms with Gasteiger partial charge in [-0.1, -0.05) is 6.07 Å². The molecule has 0 saturated carbocycles. The van der Waals surface area contributed by atoms with Gasteiger partial charge in [0.1, 0.15) is 0 Å². The van der Waals surface area contributed by atoms with E-state index in [0.29, 0.717) is 28.0 Å². The summed E-state index contributed by atoms with van der Waals surface area (Å²) in [5.74, 6) is -0.327. The maximum atomic E-state index is 13.0. The van der Waals surface area contributed by atoms with Crippen LogP contribution in [-0.2, 0) is 0 Å². The Balaban J connectivity index is 1.77.